The Labute approximate surface area is 589 Å². The van der Waals surface area contributed by atoms with Gasteiger partial charge in [-0.25, -0.2) is 58.9 Å². The summed E-state index contributed by atoms with van der Waals surface area (Å²) >= 11 is 0. The largest absolute Gasteiger partial charge is 0.341 e. The van der Waals surface area contributed by atoms with Gasteiger partial charge in [0.25, 0.3) is 0 Å². The Morgan fingerprint density at radius 3 is 0.500 bits per heavy atom. The highest BCUT2D eigenvalue weighted by Gasteiger charge is 2.96. The lowest BCUT2D eigenvalue weighted by atomic mass is 9.92. The van der Waals surface area contributed by atoms with Crippen molar-refractivity contribution in [2.45, 2.75) is 335 Å². The molecule has 0 saturated heterocycles. The third-order valence-corrected chi connectivity index (χ3v) is 28.5. The molecular formula is C62H128F7N8O14S7+. The van der Waals surface area contributed by atoms with Crippen LogP contribution in [0.25, 0.3) is 0 Å². The highest BCUT2D eigenvalue weighted by Crippen LogP contribution is 2.61. The van der Waals surface area contributed by atoms with Crippen molar-refractivity contribution < 1.29 is 94.8 Å². The van der Waals surface area contributed by atoms with Crippen molar-refractivity contribution in [3.8, 4) is 0 Å². The Bertz CT molecular complexity index is 2770. The molecule has 98 heavy (non-hydrogen) atoms. The molecule has 0 aliphatic carbocycles. The van der Waals surface area contributed by atoms with Gasteiger partial charge in [0.2, 0.25) is 70.2 Å². The predicted octanol–water partition coefficient (Wildman–Crippen LogP) is 15.8. The van der Waals surface area contributed by atoms with Crippen LogP contribution in [0, 0.1) is 0 Å². The lowest BCUT2D eigenvalue weighted by Gasteiger charge is -2.63. The average molecular weight is 1570 g/mol. The maximum atomic E-state index is 20.6. The van der Waals surface area contributed by atoms with E-state index in [1.54, 1.807) is 34.6 Å². The zero-order valence-corrected chi connectivity index (χ0v) is 66.7. The van der Waals surface area contributed by atoms with E-state index in [-0.39, 0.29) is 111 Å². The van der Waals surface area contributed by atoms with Crippen LogP contribution in [0.3, 0.4) is 0 Å². The van der Waals surface area contributed by atoms with Crippen molar-refractivity contribution in [1.82, 2.24) is 31.7 Å². The summed E-state index contributed by atoms with van der Waals surface area (Å²) in [5.41, 5.74) is -7.18. The molecule has 36 heteroatoms. The Kier molecular flexibility index (Phi) is 46.9. The van der Waals surface area contributed by atoms with E-state index in [1.807, 2.05) is 13.8 Å². The Hall–Kier alpha value is -1.16. The van der Waals surface area contributed by atoms with Crippen LogP contribution in [0.15, 0.2) is 0 Å². The molecule has 0 amide bonds. The number of likely N-dealkylation sites (N-methyl/N-ethyl adjacent to an activating group) is 1. The number of hydrogen-bond acceptors (Lipinski definition) is 14. The van der Waals surface area contributed by atoms with Gasteiger partial charge >= 0.3 is 17.2 Å². The van der Waals surface area contributed by atoms with E-state index in [0.717, 1.165) is 0 Å². The molecular weight excluding hydrogens is 1440 g/mol. The summed E-state index contributed by atoms with van der Waals surface area (Å²) < 4.78 is 340. The number of unbranched alkanes of at least 4 members (excludes halogenated alkanes) is 35. The number of nitrogens with zero attached hydrogens (tertiary/aromatic N) is 8. The van der Waals surface area contributed by atoms with Crippen molar-refractivity contribution in [2.24, 2.45) is 0 Å². The summed E-state index contributed by atoms with van der Waals surface area (Å²) in [7, 11) is -48.6. The maximum absolute atomic E-state index is 20.6. The molecule has 0 aliphatic heterocycles. The van der Waals surface area contributed by atoms with Crippen molar-refractivity contribution in [1.29, 1.82) is 0 Å². The van der Waals surface area contributed by atoms with Gasteiger partial charge in [0.05, 0.1) is 61.4 Å². The third-order valence-electron chi connectivity index (χ3n) is 17.6. The van der Waals surface area contributed by atoms with Gasteiger partial charge in [-0.1, -0.05) is 273 Å². The Morgan fingerprint density at radius 2 is 0.347 bits per heavy atom. The first-order valence-electron chi connectivity index (χ1n) is 36.4. The van der Waals surface area contributed by atoms with Gasteiger partial charge in [-0.15, -0.1) is 31.4 Å². The van der Waals surface area contributed by atoms with Gasteiger partial charge in [0, 0.05) is 31.7 Å². The second kappa shape index (κ2) is 47.4. The summed E-state index contributed by atoms with van der Waals surface area (Å²) in [5, 5.41) is 0. The monoisotopic (exact) mass is 1570 g/mol. The fraction of sp³-hybridized carbons (Fsp3) is 1.00. The van der Waals surface area contributed by atoms with Gasteiger partial charge in [0.15, 0.2) is 0 Å². The second-order valence-electron chi connectivity index (χ2n) is 27.0. The molecule has 22 nitrogen and oxygen atoms in total. The summed E-state index contributed by atoms with van der Waals surface area (Å²) in [6.45, 7) is 12.6. The normalized spacial score (nSPS) is 14.1. The van der Waals surface area contributed by atoms with E-state index >= 15 is 90.3 Å². The minimum absolute atomic E-state index is 0.0676. The molecule has 0 N–H and O–H groups in total. The molecule has 0 saturated carbocycles. The van der Waals surface area contributed by atoms with Crippen molar-refractivity contribution >= 4 is 70.2 Å². The molecule has 590 valence electrons. The first-order chi connectivity index (χ1) is 45.8. The molecule has 0 aromatic carbocycles. The van der Waals surface area contributed by atoms with Crippen LogP contribution in [0.5, 0.6) is 0 Å². The zero-order valence-electron chi connectivity index (χ0n) is 60.9. The van der Waals surface area contributed by atoms with Crippen LogP contribution in [-0.4, -0.2) is 174 Å². The van der Waals surface area contributed by atoms with Gasteiger partial charge in [-0.2, -0.15) is 0 Å². The van der Waals surface area contributed by atoms with Crippen molar-refractivity contribution in [3.05, 3.63) is 0 Å². The quantitative estimate of drug-likeness (QED) is 0.0180. The fourth-order valence-electron chi connectivity index (χ4n) is 11.9. The molecule has 0 aliphatic rings. The third kappa shape index (κ3) is 28.0. The van der Waals surface area contributed by atoms with E-state index < -0.39 is 209 Å². The van der Waals surface area contributed by atoms with Gasteiger partial charge in [-0.3, -0.25) is 4.48 Å². The summed E-state index contributed by atoms with van der Waals surface area (Å²) in [6.07, 6.45) is 2.84. The molecule has 0 fully saturated rings. The average Bonchev–Trinajstić information content (AvgIpc) is 0.644. The Balaban J connectivity index is 11.7. The minimum atomic E-state index is -7.18. The number of quaternary nitrogens is 1. The van der Waals surface area contributed by atoms with Gasteiger partial charge in [-0.05, 0) is 44.9 Å². The Morgan fingerprint density at radius 1 is 0.214 bits per heavy atom. The summed E-state index contributed by atoms with van der Waals surface area (Å²) in [5.74, 6) is -27.0. The van der Waals surface area contributed by atoms with Crippen LogP contribution in [0.1, 0.15) is 318 Å². The van der Waals surface area contributed by atoms with Crippen LogP contribution in [0.4, 0.5) is 31.4 Å². The first-order valence-corrected chi connectivity index (χ1v) is 47.7. The van der Waals surface area contributed by atoms with E-state index in [1.165, 1.54) is 0 Å². The van der Waals surface area contributed by atoms with Gasteiger partial charge in [0.1, 0.15) is 0 Å². The predicted molar refractivity (Wildman–Crippen MR) is 377 cm³/mol. The molecule has 0 radical (unpaired) electrons. The van der Waals surface area contributed by atoms with E-state index in [4.69, 9.17) is 0 Å². The molecule has 0 rings (SSSR count). The van der Waals surface area contributed by atoms with Crippen LogP contribution < -0.4 is 0 Å². The maximum Gasteiger partial charge on any atom is 0.341 e. The van der Waals surface area contributed by atoms with Crippen LogP contribution in [-0.2, 0) is 70.2 Å². The molecule has 0 unspecified atom stereocenters. The van der Waals surface area contributed by atoms with Crippen molar-refractivity contribution in [3.63, 3.8) is 0 Å². The molecule has 0 heterocycles. The smallest absolute Gasteiger partial charge is 0.291 e. The lowest BCUT2D eigenvalue weighted by Crippen LogP contribution is -2.98. The van der Waals surface area contributed by atoms with E-state index in [0.29, 0.717) is 135 Å². The molecule has 0 spiro atoms. The second-order valence-corrected chi connectivity index (χ2v) is 40.3. The van der Waals surface area contributed by atoms with Crippen molar-refractivity contribution in [2.75, 3.05) is 61.4 Å². The van der Waals surface area contributed by atoms with Crippen LogP contribution in [0.2, 0.25) is 0 Å². The molecule has 0 atom stereocenters. The topological polar surface area (TPSA) is 262 Å². The van der Waals surface area contributed by atoms with Gasteiger partial charge < -0.3 is 0 Å². The fourth-order valence-corrected chi connectivity index (χ4v) is 22.4. The lowest BCUT2D eigenvalue weighted by molar-refractivity contribution is -0.968. The summed E-state index contributed by atoms with van der Waals surface area (Å²) in [6, 6.07) is 0. The number of hydrogen-bond donors (Lipinski definition) is 0. The number of rotatable bonds is 66. The van der Waals surface area contributed by atoms with Crippen LogP contribution >= 0.6 is 0 Å². The molecule has 0 aromatic rings. The zero-order chi connectivity index (χ0) is 75.2. The minimum Gasteiger partial charge on any atom is -0.291 e. The number of sulfonamides is 7. The van der Waals surface area contributed by atoms with E-state index in [2.05, 4.69) is 0 Å². The number of halogens is 7. The summed E-state index contributed by atoms with van der Waals surface area (Å²) in [4.78, 5) is 0. The highest BCUT2D eigenvalue weighted by molar-refractivity contribution is 7.91. The standard InChI is InChI=1S/C62H128F7N8O14S7/c1-11-18-25-32-39-46-53-92(78,79)70(63)60(71(64)93(80,81)54-47-40-33-26-19-12-2,62(77(8,9)10,75(68)97(88,89)58-51-44-37-30-23-16-6)76(69)98(90,91)59-52-45-38-31-24-17-7)61(72(65)94(82,83)55-48-41-34-27-20-13-3,73(66)95(84,85)56-49-42-35-28-21-14-4)74(67)96(86,87)57-50-43-36-29-22-15-5/h11-59H2,1-10H3/q+1. The van der Waals surface area contributed by atoms with E-state index in [9.17, 15) is 0 Å². The highest BCUT2D eigenvalue weighted by atomic mass is 32.2. The SMILES string of the molecule is CCCCCCCCS(=O)(=O)N(F)C(N(F)S(=O)(=O)CCCCCCCC)(N(F)S(=O)(=O)CCCCCCCC)C(N(F)S(=O)(=O)CCCCCCCC)(N(F)S(=O)(=O)CCCCCCCC)C(N(F)S(=O)(=O)CCCCCCCC)(N(F)S(=O)(=O)CCCCCCCC)[N+](C)(C)C. The molecule has 0 bridgehead atoms. The molecule has 0 aromatic heterocycles. The first kappa shape index (κ1) is 96.8.